The second-order valence-electron chi connectivity index (χ2n) is 4.27. The van der Waals surface area contributed by atoms with Gasteiger partial charge in [-0.2, -0.15) is 0 Å². The molecule has 0 bridgehead atoms. The predicted molar refractivity (Wildman–Crippen MR) is 91.1 cm³/mol. The summed E-state index contributed by atoms with van der Waals surface area (Å²) in [5, 5.41) is 0.187. The van der Waals surface area contributed by atoms with Gasteiger partial charge in [0, 0.05) is 6.07 Å². The van der Waals surface area contributed by atoms with E-state index in [0.717, 1.165) is 12.1 Å². The van der Waals surface area contributed by atoms with Gasteiger partial charge in [-0.15, -0.1) is 0 Å². The van der Waals surface area contributed by atoms with Crippen LogP contribution in [0.1, 0.15) is 0 Å². The molecule has 8 heteroatoms. The van der Waals surface area contributed by atoms with Crippen molar-refractivity contribution < 1.29 is 8.78 Å². The van der Waals surface area contributed by atoms with E-state index >= 15 is 0 Å². The third-order valence-electron chi connectivity index (χ3n) is 2.93. The number of halogens is 5. The molecule has 3 aromatic rings. The quantitative estimate of drug-likeness (QED) is 0.358. The molecule has 0 spiro atoms. The number of imidazole rings is 1. The molecule has 3 rings (SSSR count). The average molecular weight is 457 g/mol. The highest BCUT2D eigenvalue weighted by Gasteiger charge is 2.16. The summed E-state index contributed by atoms with van der Waals surface area (Å²) in [5.74, 6) is -0.943. The van der Waals surface area contributed by atoms with E-state index in [-0.39, 0.29) is 15.9 Å². The summed E-state index contributed by atoms with van der Waals surface area (Å²) in [6, 6.07) is 5.22. The van der Waals surface area contributed by atoms with Crippen LogP contribution in [-0.4, -0.2) is 9.55 Å². The number of nitrogens with zero attached hydrogens (tertiary/aromatic N) is 1. The van der Waals surface area contributed by atoms with Crippen molar-refractivity contribution >= 4 is 69.0 Å². The van der Waals surface area contributed by atoms with E-state index in [1.807, 2.05) is 22.6 Å². The molecule has 0 saturated heterocycles. The van der Waals surface area contributed by atoms with E-state index in [4.69, 9.17) is 35.4 Å². The fraction of sp³-hybridized carbons (Fsp3) is 0. The normalized spacial score (nSPS) is 11.3. The zero-order valence-electron chi connectivity index (χ0n) is 10.1. The van der Waals surface area contributed by atoms with Gasteiger partial charge in [-0.05, 0) is 53.0 Å². The summed E-state index contributed by atoms with van der Waals surface area (Å²) in [4.78, 5) is 2.96. The van der Waals surface area contributed by atoms with Crippen LogP contribution in [0.2, 0.25) is 10.0 Å². The Labute approximate surface area is 146 Å². The average Bonchev–Trinajstić information content (AvgIpc) is 2.66. The molecule has 0 atom stereocenters. The number of hydrogen-bond donors (Lipinski definition) is 1. The molecule has 0 aliphatic carbocycles. The summed E-state index contributed by atoms with van der Waals surface area (Å²) < 4.78 is 29.4. The van der Waals surface area contributed by atoms with Gasteiger partial charge in [0.05, 0.1) is 30.3 Å². The molecule has 0 radical (unpaired) electrons. The number of rotatable bonds is 1. The predicted octanol–water partition coefficient (Wildman–Crippen LogP) is 5.88. The van der Waals surface area contributed by atoms with E-state index in [2.05, 4.69) is 4.98 Å². The van der Waals surface area contributed by atoms with E-state index in [0.29, 0.717) is 25.1 Å². The van der Waals surface area contributed by atoms with Gasteiger partial charge in [0.15, 0.2) is 4.77 Å². The van der Waals surface area contributed by atoms with Crippen LogP contribution < -0.4 is 0 Å². The third-order valence-corrected chi connectivity index (χ3v) is 4.62. The van der Waals surface area contributed by atoms with E-state index in [1.54, 1.807) is 6.07 Å². The van der Waals surface area contributed by atoms with Crippen molar-refractivity contribution in [3.63, 3.8) is 0 Å². The topological polar surface area (TPSA) is 20.7 Å². The summed E-state index contributed by atoms with van der Waals surface area (Å²) in [5.41, 5.74) is 1.44. The van der Waals surface area contributed by atoms with E-state index < -0.39 is 5.82 Å². The molecule has 0 amide bonds. The Kier molecular flexibility index (Phi) is 3.98. The van der Waals surface area contributed by atoms with Gasteiger partial charge >= 0.3 is 0 Å². The van der Waals surface area contributed by atoms with Crippen LogP contribution >= 0.6 is 58.0 Å². The Morgan fingerprint density at radius 3 is 2.33 bits per heavy atom. The number of benzene rings is 2. The summed E-state index contributed by atoms with van der Waals surface area (Å²) in [6.45, 7) is 0. The first-order chi connectivity index (χ1) is 9.88. The first-order valence-corrected chi connectivity index (χ1v) is 7.87. The molecule has 0 aliphatic heterocycles. The highest BCUT2D eigenvalue weighted by molar-refractivity contribution is 14.1. The summed E-state index contributed by atoms with van der Waals surface area (Å²) >= 11 is 19.3. The van der Waals surface area contributed by atoms with E-state index in [1.165, 1.54) is 10.6 Å². The zero-order chi connectivity index (χ0) is 15.3. The Morgan fingerprint density at radius 2 is 1.71 bits per heavy atom. The van der Waals surface area contributed by atoms with Gasteiger partial charge < -0.3 is 4.98 Å². The van der Waals surface area contributed by atoms with Crippen molar-refractivity contribution in [3.8, 4) is 5.69 Å². The van der Waals surface area contributed by atoms with Crippen LogP contribution in [0.5, 0.6) is 0 Å². The number of fused-ring (bicyclic) bond motifs is 1. The third kappa shape index (κ3) is 2.58. The van der Waals surface area contributed by atoms with Gasteiger partial charge in [-0.1, -0.05) is 23.2 Å². The van der Waals surface area contributed by atoms with Gasteiger partial charge in [0.2, 0.25) is 0 Å². The Balaban J connectivity index is 2.44. The number of aromatic amines is 1. The van der Waals surface area contributed by atoms with Crippen molar-refractivity contribution in [2.75, 3.05) is 0 Å². The van der Waals surface area contributed by atoms with Crippen molar-refractivity contribution in [1.82, 2.24) is 9.55 Å². The van der Waals surface area contributed by atoms with Crippen molar-refractivity contribution in [1.29, 1.82) is 0 Å². The van der Waals surface area contributed by atoms with Crippen LogP contribution in [0.15, 0.2) is 24.3 Å². The molecule has 2 nitrogen and oxygen atoms in total. The Hall–Kier alpha value is -0.700. The molecule has 0 fully saturated rings. The van der Waals surface area contributed by atoms with Crippen LogP contribution in [0.4, 0.5) is 8.78 Å². The van der Waals surface area contributed by atoms with Gasteiger partial charge in [-0.3, -0.25) is 4.57 Å². The molecule has 0 unspecified atom stereocenters. The molecule has 1 N–H and O–H groups in total. The summed E-state index contributed by atoms with van der Waals surface area (Å²) in [6.07, 6.45) is 0. The number of H-pyrrole nitrogens is 1. The lowest BCUT2D eigenvalue weighted by atomic mass is 10.2. The number of nitrogens with one attached hydrogen (secondary N) is 1. The van der Waals surface area contributed by atoms with Crippen LogP contribution in [0.3, 0.4) is 0 Å². The maximum absolute atomic E-state index is 13.8. The molecule has 1 aromatic heterocycles. The fourth-order valence-corrected chi connectivity index (χ4v) is 3.47. The fourth-order valence-electron chi connectivity index (χ4n) is 2.07. The second kappa shape index (κ2) is 5.49. The smallest absolute Gasteiger partial charge is 0.182 e. The molecule has 1 heterocycles. The molecular formula is C13H5Cl2F2IN2S. The molecular weight excluding hydrogens is 452 g/mol. The zero-order valence-corrected chi connectivity index (χ0v) is 14.5. The minimum Gasteiger partial charge on any atom is -0.330 e. The standard InChI is InChI=1S/C13H5Cl2F2IN2S/c14-6-1-5(16)2-7(15)12(6)20-11-3-8(17)9(18)4-10(11)19-13(20)21/h1-4H,(H,19,21). The highest BCUT2D eigenvalue weighted by Crippen LogP contribution is 2.33. The van der Waals surface area contributed by atoms with Crippen molar-refractivity contribution in [2.24, 2.45) is 0 Å². The molecule has 21 heavy (non-hydrogen) atoms. The van der Waals surface area contributed by atoms with Crippen LogP contribution in [0, 0.1) is 20.0 Å². The lowest BCUT2D eigenvalue weighted by molar-refractivity contribution is 0.621. The molecule has 0 saturated carbocycles. The molecule has 0 aliphatic rings. The van der Waals surface area contributed by atoms with Gasteiger partial charge in [0.1, 0.15) is 11.6 Å². The maximum atomic E-state index is 13.8. The first-order valence-electron chi connectivity index (χ1n) is 5.63. The molecule has 2 aromatic carbocycles. The molecule has 108 valence electrons. The minimum absolute atomic E-state index is 0.0935. The van der Waals surface area contributed by atoms with Crippen molar-refractivity contribution in [2.45, 2.75) is 0 Å². The van der Waals surface area contributed by atoms with Crippen LogP contribution in [-0.2, 0) is 0 Å². The minimum atomic E-state index is -0.555. The second-order valence-corrected chi connectivity index (χ2v) is 6.63. The monoisotopic (exact) mass is 456 g/mol. The number of aromatic nitrogens is 2. The van der Waals surface area contributed by atoms with Crippen LogP contribution in [0.25, 0.3) is 16.7 Å². The van der Waals surface area contributed by atoms with Crippen molar-refractivity contribution in [3.05, 3.63) is 54.3 Å². The van der Waals surface area contributed by atoms with Gasteiger partial charge in [-0.25, -0.2) is 8.78 Å². The SMILES string of the molecule is Fc1cc(Cl)c(-n2c(=S)[nH]c3cc(I)c(F)cc32)c(Cl)c1. The lowest BCUT2D eigenvalue weighted by Crippen LogP contribution is -1.98. The number of hydrogen-bond acceptors (Lipinski definition) is 1. The maximum Gasteiger partial charge on any atom is 0.182 e. The summed E-state index contributed by atoms with van der Waals surface area (Å²) in [7, 11) is 0. The Morgan fingerprint density at radius 1 is 1.10 bits per heavy atom. The first kappa shape index (κ1) is 15.2. The van der Waals surface area contributed by atoms with E-state index in [9.17, 15) is 8.78 Å². The Bertz CT molecular complexity index is 913. The largest absolute Gasteiger partial charge is 0.330 e. The highest BCUT2D eigenvalue weighted by atomic mass is 127. The lowest BCUT2D eigenvalue weighted by Gasteiger charge is -2.10. The van der Waals surface area contributed by atoms with Gasteiger partial charge in [0.25, 0.3) is 0 Å².